The molecule has 0 aromatic heterocycles. The molecule has 1 aromatic carbocycles. The topological polar surface area (TPSA) is 77.8 Å². The number of unbranched alkanes of at least 4 members (excludes halogenated alkanes) is 1. The van der Waals surface area contributed by atoms with Crippen molar-refractivity contribution in [1.82, 2.24) is 0 Å². The Labute approximate surface area is 119 Å². The first-order valence-corrected chi connectivity index (χ1v) is 6.78. The van der Waals surface area contributed by atoms with Crippen LogP contribution in [0.4, 0.5) is 0 Å². The Morgan fingerprint density at radius 1 is 1.40 bits per heavy atom. The number of rotatable bonds is 7. The van der Waals surface area contributed by atoms with E-state index in [0.29, 0.717) is 12.0 Å². The zero-order valence-electron chi connectivity index (χ0n) is 12.0. The number of aliphatic carboxylic acids is 1. The van der Waals surface area contributed by atoms with Crippen LogP contribution in [0.5, 0.6) is 5.75 Å². The van der Waals surface area contributed by atoms with Crippen molar-refractivity contribution >= 4 is 11.5 Å². The lowest BCUT2D eigenvalue weighted by molar-refractivity contribution is -0.141. The summed E-state index contributed by atoms with van der Waals surface area (Å²) >= 11 is 0. The highest BCUT2D eigenvalue weighted by atomic mass is 16.4. The molecular formula is C16H22O4. The largest absolute Gasteiger partial charge is 0.507 e. The van der Waals surface area contributed by atoms with Crippen LogP contribution in [-0.2, 0) is 11.4 Å². The minimum absolute atomic E-state index is 0.0936. The summed E-state index contributed by atoms with van der Waals surface area (Å²) in [5.74, 6) is -0.923. The van der Waals surface area contributed by atoms with Gasteiger partial charge in [0.05, 0.1) is 12.5 Å². The van der Waals surface area contributed by atoms with E-state index in [1.54, 1.807) is 25.1 Å². The number of phenols is 1. The molecule has 0 saturated carbocycles. The molecule has 0 unspecified atom stereocenters. The third-order valence-electron chi connectivity index (χ3n) is 3.38. The summed E-state index contributed by atoms with van der Waals surface area (Å²) in [6.07, 6.45) is 4.24. The van der Waals surface area contributed by atoms with Gasteiger partial charge in [0, 0.05) is 5.56 Å². The van der Waals surface area contributed by atoms with Gasteiger partial charge in [-0.1, -0.05) is 25.1 Å². The smallest absolute Gasteiger partial charge is 0.306 e. The van der Waals surface area contributed by atoms with Crippen molar-refractivity contribution in [1.29, 1.82) is 0 Å². The van der Waals surface area contributed by atoms with Crippen LogP contribution in [0, 0.1) is 5.92 Å². The second kappa shape index (κ2) is 7.70. The van der Waals surface area contributed by atoms with Crippen LogP contribution in [0.3, 0.4) is 0 Å². The maximum absolute atomic E-state index is 10.7. The van der Waals surface area contributed by atoms with E-state index in [2.05, 4.69) is 0 Å². The molecule has 3 N–H and O–H groups in total. The van der Waals surface area contributed by atoms with E-state index in [9.17, 15) is 9.90 Å². The van der Waals surface area contributed by atoms with Crippen LogP contribution in [0.1, 0.15) is 44.2 Å². The Bertz CT molecular complexity index is 491. The molecule has 110 valence electrons. The Morgan fingerprint density at radius 2 is 2.10 bits per heavy atom. The van der Waals surface area contributed by atoms with Crippen molar-refractivity contribution in [3.8, 4) is 5.75 Å². The normalized spacial score (nSPS) is 13.2. The fourth-order valence-electron chi connectivity index (χ4n) is 1.99. The number of hydrogen-bond acceptors (Lipinski definition) is 3. The number of hydrogen-bond donors (Lipinski definition) is 3. The van der Waals surface area contributed by atoms with E-state index >= 15 is 0 Å². The second-order valence-electron chi connectivity index (χ2n) is 5.07. The Hall–Kier alpha value is -1.81. The molecule has 0 saturated heterocycles. The summed E-state index contributed by atoms with van der Waals surface area (Å²) in [6.45, 7) is 3.52. The van der Waals surface area contributed by atoms with Crippen LogP contribution in [-0.4, -0.2) is 21.3 Å². The first kappa shape index (κ1) is 16.2. The van der Waals surface area contributed by atoms with Gasteiger partial charge in [0.25, 0.3) is 0 Å². The summed E-state index contributed by atoms with van der Waals surface area (Å²) in [6, 6.07) is 5.12. The Morgan fingerprint density at radius 3 is 2.65 bits per heavy atom. The van der Waals surface area contributed by atoms with Gasteiger partial charge in [-0.25, -0.2) is 0 Å². The molecule has 0 amide bonds. The van der Waals surface area contributed by atoms with E-state index in [1.807, 2.05) is 13.0 Å². The fourth-order valence-corrected chi connectivity index (χ4v) is 1.99. The molecular weight excluding hydrogens is 256 g/mol. The molecule has 0 aliphatic carbocycles. The minimum Gasteiger partial charge on any atom is -0.507 e. The molecule has 1 atom stereocenters. The van der Waals surface area contributed by atoms with Crippen LogP contribution in [0.25, 0.3) is 5.57 Å². The van der Waals surface area contributed by atoms with E-state index in [0.717, 1.165) is 24.0 Å². The third kappa shape index (κ3) is 4.70. The fraction of sp³-hybridized carbons (Fsp3) is 0.438. The third-order valence-corrected chi connectivity index (χ3v) is 3.38. The molecule has 1 rings (SSSR count). The van der Waals surface area contributed by atoms with Crippen molar-refractivity contribution in [2.75, 3.05) is 0 Å². The van der Waals surface area contributed by atoms with Gasteiger partial charge in [0.15, 0.2) is 0 Å². The molecule has 1 aromatic rings. The molecule has 0 fully saturated rings. The number of carboxylic acids is 1. The van der Waals surface area contributed by atoms with Crippen molar-refractivity contribution in [2.45, 2.75) is 39.7 Å². The van der Waals surface area contributed by atoms with Crippen LogP contribution >= 0.6 is 0 Å². The predicted octanol–water partition coefficient (Wildman–Crippen LogP) is 3.18. The number of carboxylic acid groups (broad SMARTS) is 1. The van der Waals surface area contributed by atoms with Gasteiger partial charge in [-0.2, -0.15) is 0 Å². The number of aliphatic hydroxyl groups is 1. The van der Waals surface area contributed by atoms with Gasteiger partial charge in [0.2, 0.25) is 0 Å². The maximum atomic E-state index is 10.7. The highest BCUT2D eigenvalue weighted by molar-refractivity contribution is 5.70. The summed E-state index contributed by atoms with van der Waals surface area (Å²) in [4.78, 5) is 10.7. The minimum atomic E-state index is -0.761. The molecule has 0 aliphatic rings. The van der Waals surface area contributed by atoms with Crippen molar-refractivity contribution in [2.24, 2.45) is 5.92 Å². The average molecular weight is 278 g/mol. The van der Waals surface area contributed by atoms with Gasteiger partial charge in [-0.05, 0) is 43.4 Å². The first-order chi connectivity index (χ1) is 9.45. The lowest BCUT2D eigenvalue weighted by Crippen LogP contribution is -2.08. The average Bonchev–Trinajstić information content (AvgIpc) is 2.42. The predicted molar refractivity (Wildman–Crippen MR) is 78.3 cm³/mol. The molecule has 0 bridgehead atoms. The standard InChI is InChI=1S/C16H22O4/c1-11(5-3-4-6-12(2)16(19)20)14-8-7-13(10-17)9-15(14)18/h5,7-9,12,17-18H,3-4,6,10H2,1-2H3,(H,19,20)/t12-/m0/s1. The molecule has 0 aliphatic heterocycles. The molecule has 4 nitrogen and oxygen atoms in total. The summed E-state index contributed by atoms with van der Waals surface area (Å²) in [5, 5.41) is 27.7. The number of carbonyl (C=O) groups is 1. The summed E-state index contributed by atoms with van der Waals surface area (Å²) in [5.41, 5.74) is 2.37. The van der Waals surface area contributed by atoms with Crippen molar-refractivity contribution in [3.63, 3.8) is 0 Å². The van der Waals surface area contributed by atoms with Gasteiger partial charge in [-0.3, -0.25) is 4.79 Å². The molecule has 0 radical (unpaired) electrons. The zero-order valence-corrected chi connectivity index (χ0v) is 12.0. The Kier molecular flexibility index (Phi) is 6.25. The van der Waals surface area contributed by atoms with Crippen LogP contribution in [0.15, 0.2) is 24.3 Å². The lowest BCUT2D eigenvalue weighted by atomic mass is 10.0. The van der Waals surface area contributed by atoms with Gasteiger partial charge >= 0.3 is 5.97 Å². The number of phenolic OH excluding ortho intramolecular Hbond substituents is 1. The van der Waals surface area contributed by atoms with E-state index < -0.39 is 5.97 Å². The zero-order chi connectivity index (χ0) is 15.1. The van der Waals surface area contributed by atoms with Gasteiger partial charge in [0.1, 0.15) is 5.75 Å². The highest BCUT2D eigenvalue weighted by Crippen LogP contribution is 2.26. The van der Waals surface area contributed by atoms with E-state index in [-0.39, 0.29) is 18.3 Å². The molecule has 20 heavy (non-hydrogen) atoms. The molecule has 0 spiro atoms. The summed E-state index contributed by atoms with van der Waals surface area (Å²) < 4.78 is 0. The number of aromatic hydroxyl groups is 1. The summed E-state index contributed by atoms with van der Waals surface area (Å²) in [7, 11) is 0. The second-order valence-corrected chi connectivity index (χ2v) is 5.07. The highest BCUT2D eigenvalue weighted by Gasteiger charge is 2.09. The molecule has 0 heterocycles. The number of aliphatic hydroxyl groups excluding tert-OH is 1. The van der Waals surface area contributed by atoms with Gasteiger partial charge in [-0.15, -0.1) is 0 Å². The maximum Gasteiger partial charge on any atom is 0.306 e. The van der Waals surface area contributed by atoms with E-state index in [1.165, 1.54) is 0 Å². The van der Waals surface area contributed by atoms with Crippen LogP contribution in [0.2, 0.25) is 0 Å². The van der Waals surface area contributed by atoms with Crippen LogP contribution < -0.4 is 0 Å². The Balaban J connectivity index is 2.59. The monoisotopic (exact) mass is 278 g/mol. The van der Waals surface area contributed by atoms with E-state index in [4.69, 9.17) is 10.2 Å². The quantitative estimate of drug-likeness (QED) is 0.669. The van der Waals surface area contributed by atoms with Crippen molar-refractivity contribution in [3.05, 3.63) is 35.4 Å². The van der Waals surface area contributed by atoms with Crippen molar-refractivity contribution < 1.29 is 20.1 Å². The molecule has 4 heteroatoms. The SMILES string of the molecule is CC(=CCCC[C@H](C)C(=O)O)c1ccc(CO)cc1O. The number of allylic oxidation sites excluding steroid dienone is 2. The van der Waals surface area contributed by atoms with Gasteiger partial charge < -0.3 is 15.3 Å². The first-order valence-electron chi connectivity index (χ1n) is 6.78. The number of benzene rings is 1. The lowest BCUT2D eigenvalue weighted by Gasteiger charge is -2.07.